The number of aromatic nitrogens is 1. The van der Waals surface area contributed by atoms with Crippen molar-refractivity contribution in [2.75, 3.05) is 43.4 Å². The van der Waals surface area contributed by atoms with Crippen LogP contribution in [0.15, 0.2) is 42.1 Å². The number of likely N-dealkylation sites (tertiary alicyclic amines) is 1. The Morgan fingerprint density at radius 3 is 2.33 bits per heavy atom. The first kappa shape index (κ1) is 30.4. The lowest BCUT2D eigenvalue weighted by Crippen LogP contribution is -2.38. The highest BCUT2D eigenvalue weighted by molar-refractivity contribution is 5.72. The maximum atomic E-state index is 11.6. The van der Waals surface area contributed by atoms with Gasteiger partial charge in [-0.1, -0.05) is 20.3 Å². The van der Waals surface area contributed by atoms with Gasteiger partial charge in [-0.25, -0.2) is 4.98 Å². The number of hydrogen-bond donors (Lipinski definition) is 4. The van der Waals surface area contributed by atoms with Crippen molar-refractivity contribution >= 4 is 17.5 Å². The minimum absolute atomic E-state index is 0.0101. The van der Waals surface area contributed by atoms with E-state index in [-0.39, 0.29) is 23.6 Å². The number of nitrogen functional groups attached to an aromatic ring is 1. The Bertz CT molecular complexity index is 867. The van der Waals surface area contributed by atoms with Crippen molar-refractivity contribution in [1.29, 1.82) is 5.26 Å². The van der Waals surface area contributed by atoms with E-state index < -0.39 is 0 Å². The number of allylic oxidation sites excluding steroid dienone is 2. The van der Waals surface area contributed by atoms with Crippen LogP contribution in [0.4, 0.5) is 11.5 Å². The van der Waals surface area contributed by atoms with Gasteiger partial charge in [-0.2, -0.15) is 5.26 Å². The molecule has 0 radical (unpaired) electrons. The predicted molar refractivity (Wildman–Crippen MR) is 145 cm³/mol. The van der Waals surface area contributed by atoms with Gasteiger partial charge in [0.2, 0.25) is 0 Å². The second-order valence-electron chi connectivity index (χ2n) is 8.83. The number of rotatable bonds is 5. The average Bonchev–Trinajstić information content (AvgIpc) is 2.89. The van der Waals surface area contributed by atoms with Crippen molar-refractivity contribution in [2.24, 2.45) is 29.0 Å². The summed E-state index contributed by atoms with van der Waals surface area (Å²) in [5.74, 6) is 1.41. The number of nitrogens with zero attached hydrogens (tertiary/aromatic N) is 4. The smallest absolute Gasteiger partial charge is 0.309 e. The van der Waals surface area contributed by atoms with Gasteiger partial charge < -0.3 is 37.5 Å². The highest BCUT2D eigenvalue weighted by Gasteiger charge is 2.26. The summed E-state index contributed by atoms with van der Waals surface area (Å²) in [5, 5.41) is 8.89. The van der Waals surface area contributed by atoms with Gasteiger partial charge in [0, 0.05) is 26.2 Å². The minimum Gasteiger partial charge on any atom is -0.466 e. The molecule has 200 valence electrons. The predicted octanol–water partition coefficient (Wildman–Crippen LogP) is 2.64. The molecule has 3 rings (SSSR count). The Kier molecular flexibility index (Phi) is 14.3. The van der Waals surface area contributed by atoms with E-state index in [1.165, 1.54) is 6.42 Å². The summed E-state index contributed by atoms with van der Waals surface area (Å²) in [7, 11) is 0. The number of ether oxygens (including phenoxy) is 1. The van der Waals surface area contributed by atoms with Crippen LogP contribution < -0.4 is 27.8 Å². The second-order valence-corrected chi connectivity index (χ2v) is 8.83. The van der Waals surface area contributed by atoms with Crippen LogP contribution in [0.25, 0.3) is 0 Å². The lowest BCUT2D eigenvalue weighted by atomic mass is 9.97. The zero-order valence-electron chi connectivity index (χ0n) is 22.0. The van der Waals surface area contributed by atoms with Crippen LogP contribution in [0.5, 0.6) is 0 Å². The maximum absolute atomic E-state index is 11.6. The molecule has 36 heavy (non-hydrogen) atoms. The molecule has 2 aliphatic rings. The summed E-state index contributed by atoms with van der Waals surface area (Å²) in [5.41, 5.74) is 23.1. The van der Waals surface area contributed by atoms with E-state index in [4.69, 9.17) is 32.9 Å². The largest absolute Gasteiger partial charge is 0.466 e. The highest BCUT2D eigenvalue weighted by Crippen LogP contribution is 2.22. The molecule has 0 amide bonds. The third-order valence-electron chi connectivity index (χ3n) is 5.67. The molecule has 1 atom stereocenters. The summed E-state index contributed by atoms with van der Waals surface area (Å²) in [4.78, 5) is 19.8. The van der Waals surface area contributed by atoms with Crippen molar-refractivity contribution in [1.82, 2.24) is 9.88 Å². The van der Waals surface area contributed by atoms with Crippen molar-refractivity contribution in [3.05, 3.63) is 42.1 Å². The molecule has 0 saturated carbocycles. The molecule has 2 aliphatic heterocycles. The molecular formula is C26H44N8O2. The highest BCUT2D eigenvalue weighted by atomic mass is 16.5. The summed E-state index contributed by atoms with van der Waals surface area (Å²) < 4.78 is 5.01. The molecule has 1 aromatic rings. The zero-order valence-corrected chi connectivity index (χ0v) is 22.0. The van der Waals surface area contributed by atoms with Crippen molar-refractivity contribution in [3.63, 3.8) is 0 Å². The van der Waals surface area contributed by atoms with E-state index in [1.807, 2.05) is 17.9 Å². The number of pyridine rings is 1. The number of nitriles is 1. The molecule has 1 unspecified atom stereocenters. The number of carbonyl (C=O) groups is 1. The van der Waals surface area contributed by atoms with E-state index in [2.05, 4.69) is 29.8 Å². The molecule has 2 saturated heterocycles. The number of nitrogens with two attached hydrogens (primary N) is 4. The van der Waals surface area contributed by atoms with Crippen LogP contribution in [0.3, 0.4) is 0 Å². The number of esters is 1. The third-order valence-corrected chi connectivity index (χ3v) is 5.67. The van der Waals surface area contributed by atoms with E-state index in [0.29, 0.717) is 18.2 Å². The van der Waals surface area contributed by atoms with Crippen molar-refractivity contribution < 1.29 is 9.53 Å². The van der Waals surface area contributed by atoms with Crippen molar-refractivity contribution in [2.45, 2.75) is 52.9 Å². The molecule has 3 heterocycles. The zero-order chi connectivity index (χ0) is 26.9. The van der Waals surface area contributed by atoms with Crippen LogP contribution in [0.1, 0.15) is 52.9 Å². The fourth-order valence-corrected chi connectivity index (χ4v) is 3.82. The first-order valence-electron chi connectivity index (χ1n) is 12.7. The molecule has 2 fully saturated rings. The van der Waals surface area contributed by atoms with Crippen LogP contribution in [-0.4, -0.2) is 48.6 Å². The van der Waals surface area contributed by atoms with Crippen LogP contribution >= 0.6 is 0 Å². The van der Waals surface area contributed by atoms with Gasteiger partial charge in [-0.3, -0.25) is 4.79 Å². The fourth-order valence-electron chi connectivity index (χ4n) is 3.82. The van der Waals surface area contributed by atoms with Crippen LogP contribution in [0, 0.1) is 23.2 Å². The second kappa shape index (κ2) is 16.9. The van der Waals surface area contributed by atoms with Gasteiger partial charge in [0.15, 0.2) is 0 Å². The number of anilines is 2. The standard InChI is InChI=1S/C12H22N4O2.C11H14N4.C3H8/c1-2-18-12(17)9-5-7-16(8-6-9)11(15)4-3-10(13)14;12-6-9-2-1-5-15(8-9)10-3-4-11(13)14-7-10;1-3-2/h3-4,9H,2,5-8,13-15H2,1H3;3-4,7,9H,1-2,5,8H2,(H2,13,14);3H2,1-2H3/b11-4+;;. The summed E-state index contributed by atoms with van der Waals surface area (Å²) in [6.45, 7) is 9.79. The van der Waals surface area contributed by atoms with Gasteiger partial charge >= 0.3 is 5.97 Å². The lowest BCUT2D eigenvalue weighted by molar-refractivity contribution is -0.149. The quantitative estimate of drug-likeness (QED) is 0.347. The molecule has 10 heteroatoms. The Morgan fingerprint density at radius 1 is 1.14 bits per heavy atom. The Labute approximate surface area is 215 Å². The Hall–Kier alpha value is -3.61. The van der Waals surface area contributed by atoms with Gasteiger partial charge in [0.05, 0.1) is 48.0 Å². The first-order valence-corrected chi connectivity index (χ1v) is 12.7. The van der Waals surface area contributed by atoms with E-state index >= 15 is 0 Å². The van der Waals surface area contributed by atoms with Gasteiger partial charge in [0.25, 0.3) is 0 Å². The fraction of sp³-hybridized carbons (Fsp3) is 0.577. The Morgan fingerprint density at radius 2 is 1.81 bits per heavy atom. The monoisotopic (exact) mass is 500 g/mol. The van der Waals surface area contributed by atoms with Crippen molar-refractivity contribution in [3.8, 4) is 6.07 Å². The van der Waals surface area contributed by atoms with Crippen LogP contribution in [0.2, 0.25) is 0 Å². The molecule has 0 spiro atoms. The molecule has 8 N–H and O–H groups in total. The topological polar surface area (TPSA) is 174 Å². The molecule has 1 aromatic heterocycles. The van der Waals surface area contributed by atoms with E-state index in [9.17, 15) is 4.79 Å². The Balaban J connectivity index is 0.000000328. The van der Waals surface area contributed by atoms with Gasteiger partial charge in [0.1, 0.15) is 5.82 Å². The summed E-state index contributed by atoms with van der Waals surface area (Å²) in [6.07, 6.45) is 9.87. The molecule has 10 nitrogen and oxygen atoms in total. The van der Waals surface area contributed by atoms with E-state index in [0.717, 1.165) is 57.5 Å². The normalized spacial score (nSPS) is 17.9. The molecular weight excluding hydrogens is 456 g/mol. The lowest BCUT2D eigenvalue weighted by Gasteiger charge is -2.32. The maximum Gasteiger partial charge on any atom is 0.309 e. The average molecular weight is 501 g/mol. The number of carbonyl (C=O) groups excluding carboxylic acids is 1. The summed E-state index contributed by atoms with van der Waals surface area (Å²) in [6, 6.07) is 6.09. The SMILES string of the molecule is CCC.CCOC(=O)C1CCN(/C(N)=C/C=C(N)N)CC1.N#CC1CCCN(c2ccc(N)nc2)C1. The molecule has 0 aliphatic carbocycles. The summed E-state index contributed by atoms with van der Waals surface area (Å²) >= 11 is 0. The van der Waals surface area contributed by atoms with Gasteiger partial charge in [-0.05, 0) is 56.9 Å². The number of piperidine rings is 2. The number of hydrogen-bond acceptors (Lipinski definition) is 10. The van der Waals surface area contributed by atoms with Gasteiger partial charge in [-0.15, -0.1) is 0 Å². The van der Waals surface area contributed by atoms with Crippen LogP contribution in [-0.2, 0) is 9.53 Å². The molecule has 0 aromatic carbocycles. The van der Waals surface area contributed by atoms with E-state index in [1.54, 1.807) is 24.4 Å². The first-order chi connectivity index (χ1) is 17.2. The minimum atomic E-state index is -0.106. The third kappa shape index (κ3) is 11.2. The molecule has 0 bridgehead atoms.